The van der Waals surface area contributed by atoms with E-state index in [1.165, 1.54) is 31.6 Å². The van der Waals surface area contributed by atoms with Crippen LogP contribution in [0.15, 0.2) is 64.1 Å². The van der Waals surface area contributed by atoms with E-state index < -0.39 is 43.9 Å². The number of anilines is 1. The number of nitro groups is 1. The van der Waals surface area contributed by atoms with Crippen molar-refractivity contribution in [2.45, 2.75) is 18.0 Å². The summed E-state index contributed by atoms with van der Waals surface area (Å²) in [5.41, 5.74) is -0.0483. The number of carbonyl (C=O) groups excluding carboxylic acids is 1. The lowest BCUT2D eigenvalue weighted by Gasteiger charge is -2.10. The highest BCUT2D eigenvalue weighted by Crippen LogP contribution is 2.28. The summed E-state index contributed by atoms with van der Waals surface area (Å²) < 4.78 is 55.6. The number of ether oxygens (including phenoxy) is 2. The SMILES string of the molecule is COc1ccc(COC(=O)CNS(=O)(=O)c2ccc(NCc3ccco3)c([N+](=O)[O-])c2)cc1F. The smallest absolute Gasteiger partial charge is 0.321 e. The zero-order valence-corrected chi connectivity index (χ0v) is 18.6. The third-order valence-electron chi connectivity index (χ3n) is 4.53. The molecule has 0 radical (unpaired) electrons. The van der Waals surface area contributed by atoms with Crippen LogP contribution in [-0.2, 0) is 32.7 Å². The van der Waals surface area contributed by atoms with Crippen LogP contribution in [0.25, 0.3) is 0 Å². The molecular weight excluding hydrogens is 473 g/mol. The predicted molar refractivity (Wildman–Crippen MR) is 117 cm³/mol. The van der Waals surface area contributed by atoms with Crippen molar-refractivity contribution >= 4 is 27.4 Å². The van der Waals surface area contributed by atoms with E-state index in [1.807, 2.05) is 4.72 Å². The van der Waals surface area contributed by atoms with Crippen LogP contribution in [0.2, 0.25) is 0 Å². The molecule has 180 valence electrons. The maximum atomic E-state index is 13.7. The number of rotatable bonds is 11. The van der Waals surface area contributed by atoms with Crippen molar-refractivity contribution in [3.63, 3.8) is 0 Å². The summed E-state index contributed by atoms with van der Waals surface area (Å²) >= 11 is 0. The Balaban J connectivity index is 1.61. The molecule has 0 bridgehead atoms. The highest BCUT2D eigenvalue weighted by Gasteiger charge is 2.22. The number of nitrogens with one attached hydrogen (secondary N) is 2. The van der Waals surface area contributed by atoms with Gasteiger partial charge in [-0.05, 0) is 42.0 Å². The summed E-state index contributed by atoms with van der Waals surface area (Å²) in [7, 11) is -2.95. The lowest BCUT2D eigenvalue weighted by atomic mass is 10.2. The highest BCUT2D eigenvalue weighted by atomic mass is 32.2. The van der Waals surface area contributed by atoms with Crippen LogP contribution in [-0.4, -0.2) is 33.0 Å². The largest absolute Gasteiger partial charge is 0.494 e. The van der Waals surface area contributed by atoms with E-state index in [0.29, 0.717) is 11.3 Å². The van der Waals surface area contributed by atoms with Crippen molar-refractivity contribution in [1.29, 1.82) is 0 Å². The van der Waals surface area contributed by atoms with E-state index in [2.05, 4.69) is 5.32 Å². The van der Waals surface area contributed by atoms with Crippen LogP contribution in [0, 0.1) is 15.9 Å². The summed E-state index contributed by atoms with van der Waals surface area (Å²) in [6, 6.07) is 10.6. The van der Waals surface area contributed by atoms with E-state index in [-0.39, 0.29) is 24.6 Å². The topological polar surface area (TPSA) is 150 Å². The van der Waals surface area contributed by atoms with E-state index in [4.69, 9.17) is 13.9 Å². The summed E-state index contributed by atoms with van der Waals surface area (Å²) in [6.07, 6.45) is 1.45. The second-order valence-corrected chi connectivity index (χ2v) is 8.59. The Morgan fingerprint density at radius 1 is 1.21 bits per heavy atom. The van der Waals surface area contributed by atoms with Crippen molar-refractivity contribution in [3.8, 4) is 5.75 Å². The molecule has 0 atom stereocenters. The van der Waals surface area contributed by atoms with Gasteiger partial charge in [-0.1, -0.05) is 6.07 Å². The number of esters is 1. The fourth-order valence-electron chi connectivity index (χ4n) is 2.83. The number of hydrogen-bond donors (Lipinski definition) is 2. The maximum absolute atomic E-state index is 13.7. The van der Waals surface area contributed by atoms with Crippen molar-refractivity contribution in [2.24, 2.45) is 0 Å². The molecule has 13 heteroatoms. The Labute approximate surface area is 193 Å². The number of benzene rings is 2. The van der Waals surface area contributed by atoms with Crippen LogP contribution >= 0.6 is 0 Å². The quantitative estimate of drug-likeness (QED) is 0.233. The number of nitrogens with zero attached hydrogens (tertiary/aromatic N) is 1. The number of hydrogen-bond acceptors (Lipinski definition) is 9. The summed E-state index contributed by atoms with van der Waals surface area (Å²) in [5, 5.41) is 14.2. The van der Waals surface area contributed by atoms with Crippen LogP contribution in [0.4, 0.5) is 15.8 Å². The Kier molecular flexibility index (Phi) is 7.81. The molecule has 2 N–H and O–H groups in total. The molecule has 0 aliphatic heterocycles. The molecule has 2 aromatic carbocycles. The van der Waals surface area contributed by atoms with E-state index in [0.717, 1.165) is 18.2 Å². The lowest BCUT2D eigenvalue weighted by Crippen LogP contribution is -2.30. The van der Waals surface area contributed by atoms with Crippen LogP contribution in [0.1, 0.15) is 11.3 Å². The molecule has 0 unspecified atom stereocenters. The standard InChI is InChI=1S/C21H20FN3O8S/c1-31-20-7-4-14(9-17(20)22)13-33-21(26)12-24-34(29,30)16-5-6-18(19(10-16)25(27)28)23-11-15-3-2-8-32-15/h2-10,23-24H,11-13H2,1H3. The minimum Gasteiger partial charge on any atom is -0.494 e. The van der Waals surface area contributed by atoms with Gasteiger partial charge < -0.3 is 19.2 Å². The van der Waals surface area contributed by atoms with Crippen LogP contribution in [0.5, 0.6) is 5.75 Å². The number of nitro benzene ring substituents is 1. The number of furan rings is 1. The van der Waals surface area contributed by atoms with Gasteiger partial charge in [0.05, 0.1) is 29.7 Å². The summed E-state index contributed by atoms with van der Waals surface area (Å²) in [4.78, 5) is 22.2. The van der Waals surface area contributed by atoms with Crippen LogP contribution in [0.3, 0.4) is 0 Å². The van der Waals surface area contributed by atoms with Gasteiger partial charge in [-0.25, -0.2) is 12.8 Å². The molecule has 0 aliphatic rings. The first-order valence-corrected chi connectivity index (χ1v) is 11.2. The Hall–Kier alpha value is -3.97. The summed E-state index contributed by atoms with van der Waals surface area (Å²) in [6.45, 7) is -0.863. The molecule has 1 heterocycles. The van der Waals surface area contributed by atoms with Gasteiger partial charge in [0, 0.05) is 6.07 Å². The molecule has 0 saturated carbocycles. The van der Waals surface area contributed by atoms with Gasteiger partial charge in [-0.2, -0.15) is 4.72 Å². The van der Waals surface area contributed by atoms with Gasteiger partial charge in [-0.15, -0.1) is 0 Å². The lowest BCUT2D eigenvalue weighted by molar-refractivity contribution is -0.384. The molecule has 0 spiro atoms. The first-order valence-electron chi connectivity index (χ1n) is 9.72. The van der Waals surface area contributed by atoms with E-state index >= 15 is 0 Å². The van der Waals surface area contributed by atoms with Crippen molar-refractivity contribution in [3.05, 3.63) is 82.0 Å². The van der Waals surface area contributed by atoms with Crippen molar-refractivity contribution in [2.75, 3.05) is 19.0 Å². The molecule has 1 aromatic heterocycles. The van der Waals surface area contributed by atoms with Gasteiger partial charge in [-0.3, -0.25) is 14.9 Å². The molecule has 3 aromatic rings. The average molecular weight is 493 g/mol. The van der Waals surface area contributed by atoms with Crippen molar-refractivity contribution < 1.29 is 36.4 Å². The normalized spacial score (nSPS) is 11.1. The summed E-state index contributed by atoms with van der Waals surface area (Å²) in [5.74, 6) is -1.01. The number of halogens is 1. The average Bonchev–Trinajstić information content (AvgIpc) is 3.33. The van der Waals surface area contributed by atoms with Crippen molar-refractivity contribution in [1.82, 2.24) is 4.72 Å². The maximum Gasteiger partial charge on any atom is 0.321 e. The van der Waals surface area contributed by atoms with Gasteiger partial charge in [0.2, 0.25) is 10.0 Å². The van der Waals surface area contributed by atoms with Gasteiger partial charge in [0.15, 0.2) is 11.6 Å². The second kappa shape index (κ2) is 10.8. The van der Waals surface area contributed by atoms with Gasteiger partial charge in [0.1, 0.15) is 24.6 Å². The van der Waals surface area contributed by atoms with Gasteiger partial charge >= 0.3 is 5.97 Å². The van der Waals surface area contributed by atoms with Crippen LogP contribution < -0.4 is 14.8 Å². The highest BCUT2D eigenvalue weighted by molar-refractivity contribution is 7.89. The third kappa shape index (κ3) is 6.30. The minimum absolute atomic E-state index is 0.0270. The number of methoxy groups -OCH3 is 1. The third-order valence-corrected chi connectivity index (χ3v) is 5.93. The molecule has 3 rings (SSSR count). The first kappa shape index (κ1) is 24.7. The first-order chi connectivity index (χ1) is 16.2. The Bertz CT molecular complexity index is 1280. The Morgan fingerprint density at radius 2 is 2.00 bits per heavy atom. The molecular formula is C21H20FN3O8S. The number of sulfonamides is 1. The second-order valence-electron chi connectivity index (χ2n) is 6.82. The number of carbonyl (C=O) groups is 1. The fourth-order valence-corrected chi connectivity index (χ4v) is 3.81. The molecule has 0 fully saturated rings. The fraction of sp³-hybridized carbons (Fsp3) is 0.190. The zero-order valence-electron chi connectivity index (χ0n) is 17.8. The molecule has 0 amide bonds. The molecule has 11 nitrogen and oxygen atoms in total. The van der Waals surface area contributed by atoms with E-state index in [9.17, 15) is 27.7 Å². The molecule has 34 heavy (non-hydrogen) atoms. The minimum atomic E-state index is -4.26. The Morgan fingerprint density at radius 3 is 2.65 bits per heavy atom. The predicted octanol–water partition coefficient (Wildman–Crippen LogP) is 2.97. The molecule has 0 aliphatic carbocycles. The monoisotopic (exact) mass is 493 g/mol. The molecule has 0 saturated heterocycles. The van der Waals surface area contributed by atoms with Gasteiger partial charge in [0.25, 0.3) is 5.69 Å². The zero-order chi connectivity index (χ0) is 24.7. The van der Waals surface area contributed by atoms with E-state index in [1.54, 1.807) is 12.1 Å².